The van der Waals surface area contributed by atoms with Crippen molar-refractivity contribution in [2.45, 2.75) is 6.61 Å². The fourth-order valence-electron chi connectivity index (χ4n) is 1.37. The van der Waals surface area contributed by atoms with Gasteiger partial charge in [-0.3, -0.25) is 0 Å². The normalized spacial score (nSPS) is 10.6. The van der Waals surface area contributed by atoms with Crippen LogP contribution in [0.1, 0.15) is 5.56 Å². The van der Waals surface area contributed by atoms with Crippen molar-refractivity contribution in [1.29, 1.82) is 5.26 Å². The molecule has 7 nitrogen and oxygen atoms in total. The molecular weight excluding hydrogens is 246 g/mol. The number of ether oxygens (including phenoxy) is 1. The second-order valence-electron chi connectivity index (χ2n) is 3.31. The van der Waals surface area contributed by atoms with Crippen molar-refractivity contribution in [1.82, 2.24) is 19.6 Å². The van der Waals surface area contributed by atoms with Crippen LogP contribution in [-0.4, -0.2) is 26.2 Å². The number of nitriles is 1. The van der Waals surface area contributed by atoms with Crippen LogP contribution in [0.25, 0.3) is 5.82 Å². The number of halogens is 2. The summed E-state index contributed by atoms with van der Waals surface area (Å²) in [6.45, 7) is -2.95. The van der Waals surface area contributed by atoms with E-state index in [1.807, 2.05) is 6.07 Å². The molecule has 0 amide bonds. The highest BCUT2D eigenvalue weighted by Gasteiger charge is 2.15. The maximum Gasteiger partial charge on any atom is 0.388 e. The average molecular weight is 254 g/mol. The van der Waals surface area contributed by atoms with Gasteiger partial charge in [-0.25, -0.2) is 4.68 Å². The van der Waals surface area contributed by atoms with Crippen molar-refractivity contribution in [3.05, 3.63) is 17.8 Å². The fraction of sp³-hybridized carbons (Fsp3) is 0.222. The van der Waals surface area contributed by atoms with Crippen molar-refractivity contribution < 1.29 is 13.5 Å². The van der Waals surface area contributed by atoms with E-state index >= 15 is 0 Å². The number of nitrogens with zero attached hydrogens (tertiary/aromatic N) is 5. The molecule has 2 N–H and O–H groups in total. The lowest BCUT2D eigenvalue weighted by Gasteiger charge is -2.01. The summed E-state index contributed by atoms with van der Waals surface area (Å²) in [7, 11) is 1.44. The number of nitrogen functional groups attached to an aromatic ring is 1. The predicted molar refractivity (Wildman–Crippen MR) is 56.1 cm³/mol. The molecule has 2 rings (SSSR count). The third-order valence-electron chi connectivity index (χ3n) is 2.18. The van der Waals surface area contributed by atoms with E-state index in [-0.39, 0.29) is 23.1 Å². The first kappa shape index (κ1) is 11.8. The number of nitrogens with two attached hydrogens (primary N) is 1. The van der Waals surface area contributed by atoms with Crippen LogP contribution in [0.15, 0.2) is 12.3 Å². The largest absolute Gasteiger partial charge is 0.417 e. The standard InChI is InChI=1S/C9H8F2N6O/c1-16-7(18-9(10)11)2-6(15-16)17-8(13)5(3-12)4-14-17/h2,4,9H,13H2,1H3. The van der Waals surface area contributed by atoms with E-state index in [0.29, 0.717) is 0 Å². The predicted octanol–water partition coefficient (Wildman–Crippen LogP) is 0.661. The molecule has 18 heavy (non-hydrogen) atoms. The number of rotatable bonds is 3. The SMILES string of the molecule is Cn1nc(-n2ncc(C#N)c2N)cc1OC(F)F. The zero-order valence-electron chi connectivity index (χ0n) is 9.21. The first-order valence-electron chi connectivity index (χ1n) is 4.75. The Labute approximate surface area is 100.0 Å². The van der Waals surface area contributed by atoms with Gasteiger partial charge in [0.15, 0.2) is 5.82 Å². The lowest BCUT2D eigenvalue weighted by atomic mass is 10.4. The van der Waals surface area contributed by atoms with Crippen LogP contribution in [-0.2, 0) is 7.05 Å². The van der Waals surface area contributed by atoms with Crippen molar-refractivity contribution >= 4 is 5.82 Å². The summed E-state index contributed by atoms with van der Waals surface area (Å²) >= 11 is 0. The average Bonchev–Trinajstić information content (AvgIpc) is 2.82. The molecule has 0 fully saturated rings. The zero-order chi connectivity index (χ0) is 13.3. The topological polar surface area (TPSA) is 94.7 Å². The lowest BCUT2D eigenvalue weighted by molar-refractivity contribution is -0.0553. The van der Waals surface area contributed by atoms with Crippen LogP contribution >= 0.6 is 0 Å². The van der Waals surface area contributed by atoms with Gasteiger partial charge < -0.3 is 10.5 Å². The second kappa shape index (κ2) is 4.33. The first-order chi connectivity index (χ1) is 8.52. The van der Waals surface area contributed by atoms with Gasteiger partial charge in [-0.1, -0.05) is 0 Å². The summed E-state index contributed by atoms with van der Waals surface area (Å²) in [5, 5.41) is 16.5. The molecule has 0 atom stereocenters. The first-order valence-corrected chi connectivity index (χ1v) is 4.75. The molecule has 2 aromatic heterocycles. The minimum atomic E-state index is -2.95. The fourth-order valence-corrected chi connectivity index (χ4v) is 1.37. The summed E-state index contributed by atoms with van der Waals surface area (Å²) < 4.78 is 30.7. The third kappa shape index (κ3) is 1.95. The molecule has 0 spiro atoms. The molecule has 94 valence electrons. The van der Waals surface area contributed by atoms with E-state index in [1.54, 1.807) is 0 Å². The second-order valence-corrected chi connectivity index (χ2v) is 3.31. The molecule has 9 heteroatoms. The Balaban J connectivity index is 2.40. The van der Waals surface area contributed by atoms with Gasteiger partial charge in [0.25, 0.3) is 0 Å². The maximum absolute atomic E-state index is 12.1. The Morgan fingerprint density at radius 2 is 2.28 bits per heavy atom. The van der Waals surface area contributed by atoms with Gasteiger partial charge >= 0.3 is 6.61 Å². The highest BCUT2D eigenvalue weighted by Crippen LogP contribution is 2.20. The van der Waals surface area contributed by atoms with E-state index in [1.165, 1.54) is 19.3 Å². The van der Waals surface area contributed by atoms with E-state index in [0.717, 1.165) is 9.36 Å². The highest BCUT2D eigenvalue weighted by molar-refractivity contribution is 5.51. The minimum absolute atomic E-state index is 0.0826. The Kier molecular flexibility index (Phi) is 2.85. The molecule has 0 bridgehead atoms. The summed E-state index contributed by atoms with van der Waals surface area (Å²) in [4.78, 5) is 0. The van der Waals surface area contributed by atoms with Gasteiger partial charge in [0, 0.05) is 13.1 Å². The van der Waals surface area contributed by atoms with E-state index in [9.17, 15) is 8.78 Å². The Hall–Kier alpha value is -2.63. The molecule has 0 aromatic carbocycles. The van der Waals surface area contributed by atoms with E-state index in [2.05, 4.69) is 14.9 Å². The van der Waals surface area contributed by atoms with Gasteiger partial charge in [0.2, 0.25) is 5.88 Å². The zero-order valence-corrected chi connectivity index (χ0v) is 9.21. The maximum atomic E-state index is 12.1. The molecule has 0 aliphatic rings. The molecule has 2 aromatic rings. The van der Waals surface area contributed by atoms with Gasteiger partial charge in [0.1, 0.15) is 17.5 Å². The van der Waals surface area contributed by atoms with E-state index in [4.69, 9.17) is 11.0 Å². The van der Waals surface area contributed by atoms with Crippen LogP contribution in [0.4, 0.5) is 14.6 Å². The summed E-state index contributed by atoms with van der Waals surface area (Å²) in [6.07, 6.45) is 1.26. The molecule has 0 unspecified atom stereocenters. The van der Waals surface area contributed by atoms with Crippen molar-refractivity contribution in [2.75, 3.05) is 5.73 Å². The molecule has 2 heterocycles. The Morgan fingerprint density at radius 3 is 2.83 bits per heavy atom. The monoisotopic (exact) mass is 254 g/mol. The summed E-state index contributed by atoms with van der Waals surface area (Å²) in [5.41, 5.74) is 5.82. The smallest absolute Gasteiger partial charge is 0.388 e. The van der Waals surface area contributed by atoms with Gasteiger partial charge in [-0.15, -0.1) is 5.10 Å². The number of aryl methyl sites for hydroxylation is 1. The van der Waals surface area contributed by atoms with Gasteiger partial charge in [-0.05, 0) is 0 Å². The van der Waals surface area contributed by atoms with Crippen LogP contribution < -0.4 is 10.5 Å². The number of aromatic nitrogens is 4. The number of hydrogen-bond acceptors (Lipinski definition) is 5. The van der Waals surface area contributed by atoms with Crippen LogP contribution in [0.3, 0.4) is 0 Å². The molecule has 0 aliphatic carbocycles. The Bertz CT molecular complexity index is 611. The quantitative estimate of drug-likeness (QED) is 0.868. The minimum Gasteiger partial charge on any atom is -0.417 e. The number of anilines is 1. The van der Waals surface area contributed by atoms with E-state index < -0.39 is 6.61 Å². The highest BCUT2D eigenvalue weighted by atomic mass is 19.3. The van der Waals surface area contributed by atoms with Gasteiger partial charge in [0.05, 0.1) is 6.20 Å². The van der Waals surface area contributed by atoms with Gasteiger partial charge in [-0.2, -0.15) is 23.8 Å². The van der Waals surface area contributed by atoms with Crippen LogP contribution in [0, 0.1) is 11.3 Å². The van der Waals surface area contributed by atoms with Crippen LogP contribution in [0.2, 0.25) is 0 Å². The molecular formula is C9H8F2N6O. The molecule has 0 saturated carbocycles. The molecule has 0 aliphatic heterocycles. The molecule has 0 radical (unpaired) electrons. The number of alkyl halides is 2. The van der Waals surface area contributed by atoms with Crippen molar-refractivity contribution in [3.63, 3.8) is 0 Å². The van der Waals surface area contributed by atoms with Crippen LogP contribution in [0.5, 0.6) is 5.88 Å². The summed E-state index contributed by atoms with van der Waals surface area (Å²) in [5.74, 6) is 0.139. The summed E-state index contributed by atoms with van der Waals surface area (Å²) in [6, 6.07) is 3.09. The van der Waals surface area contributed by atoms with Crippen molar-refractivity contribution in [2.24, 2.45) is 7.05 Å². The third-order valence-corrected chi connectivity index (χ3v) is 2.18. The lowest BCUT2D eigenvalue weighted by Crippen LogP contribution is -2.06. The number of hydrogen-bond donors (Lipinski definition) is 1. The Morgan fingerprint density at radius 1 is 1.56 bits per heavy atom. The van der Waals surface area contributed by atoms with Crippen molar-refractivity contribution in [3.8, 4) is 17.8 Å². The molecule has 0 saturated heterocycles.